The highest BCUT2D eigenvalue weighted by Crippen LogP contribution is 2.43. The topological polar surface area (TPSA) is 121 Å². The molecule has 11 heteroatoms. The Bertz CT molecular complexity index is 2050. The Morgan fingerprint density at radius 2 is 1.87 bits per heavy atom. The Morgan fingerprint density at radius 3 is 2.56 bits per heavy atom. The lowest BCUT2D eigenvalue weighted by molar-refractivity contribution is -0.124. The number of anilines is 1. The van der Waals surface area contributed by atoms with Gasteiger partial charge in [-0.05, 0) is 84.9 Å². The Hall–Kier alpha value is -4.57. The molecule has 0 saturated heterocycles. The maximum Gasteiger partial charge on any atom is 0.318 e. The first kappa shape index (κ1) is 41.6. The summed E-state index contributed by atoms with van der Waals surface area (Å²) in [5, 5.41) is 11.7. The van der Waals surface area contributed by atoms with Crippen molar-refractivity contribution in [3.63, 3.8) is 0 Å². The number of hydrogen-bond acceptors (Lipinski definition) is 8. The van der Waals surface area contributed by atoms with Gasteiger partial charge in [-0.15, -0.1) is 0 Å². The molecule has 1 amide bonds. The summed E-state index contributed by atoms with van der Waals surface area (Å²) < 4.78 is 22.0. The van der Waals surface area contributed by atoms with Crippen LogP contribution < -0.4 is 15.4 Å². The van der Waals surface area contributed by atoms with Gasteiger partial charge in [0.2, 0.25) is 0 Å². The van der Waals surface area contributed by atoms with E-state index in [4.69, 9.17) is 37.0 Å². The first-order valence-electron chi connectivity index (χ1n) is 19.7. The summed E-state index contributed by atoms with van der Waals surface area (Å²) in [6.07, 6.45) is 14.4. The number of carbonyl (C=O) groups excluding carboxylic acids is 1. The summed E-state index contributed by atoms with van der Waals surface area (Å²) in [4.78, 5) is 31.2. The number of benzene rings is 2. The van der Waals surface area contributed by atoms with Crippen LogP contribution in [0, 0.1) is 16.6 Å². The third-order valence-electron chi connectivity index (χ3n) is 10.6. The standard InChI is InChI=1S/C44H57ClFN7O2/c1-8-12-14-19-44(5,18-13-9-2)27-55-43-50-37-25-34(33-23-29(45)22-28-16-17-35(46)31(10-3)38(28)33)40(48)32(11-4)39(37)41(51-43)53-21-15-20-49-30(26-53)24-36(47)42(54)52(6)7/h11,16-17,22-25,48H,8-10,12-15,18-21,26-27,47H2,1-7H3/b32-11-,36-24-,48-40?. The van der Waals surface area contributed by atoms with Gasteiger partial charge in [-0.3, -0.25) is 15.2 Å². The Morgan fingerprint density at radius 1 is 1.13 bits per heavy atom. The van der Waals surface area contributed by atoms with Gasteiger partial charge in [0.05, 0.1) is 41.5 Å². The quantitative estimate of drug-likeness (QED) is 0.117. The highest BCUT2D eigenvalue weighted by molar-refractivity contribution is 6.49. The molecule has 1 atom stereocenters. The molecule has 3 N–H and O–H groups in total. The number of rotatable bonds is 15. The summed E-state index contributed by atoms with van der Waals surface area (Å²) in [7, 11) is 3.33. The first-order valence-corrected chi connectivity index (χ1v) is 20.1. The monoisotopic (exact) mass is 769 g/mol. The van der Waals surface area contributed by atoms with Crippen LogP contribution in [0.25, 0.3) is 28.0 Å². The number of likely N-dealkylation sites (N-methyl/N-ethyl adjacent to an activating group) is 1. The van der Waals surface area contributed by atoms with Crippen LogP contribution in [0.4, 0.5) is 10.2 Å². The number of halogens is 2. The molecule has 1 aromatic heterocycles. The zero-order valence-electron chi connectivity index (χ0n) is 33.6. The number of aryl methyl sites for hydroxylation is 1. The zero-order valence-corrected chi connectivity index (χ0v) is 34.4. The lowest BCUT2D eigenvalue weighted by Crippen LogP contribution is -2.33. The fraction of sp³-hybridized carbons (Fsp3) is 0.477. The van der Waals surface area contributed by atoms with Gasteiger partial charge in [0.1, 0.15) is 11.6 Å². The molecule has 2 aromatic carbocycles. The average Bonchev–Trinajstić information content (AvgIpc) is 3.40. The normalized spacial score (nSPS) is 16.7. The van der Waals surface area contributed by atoms with E-state index in [1.165, 1.54) is 17.4 Å². The number of nitrogens with one attached hydrogen (secondary N) is 1. The molecule has 0 saturated carbocycles. The van der Waals surface area contributed by atoms with Crippen LogP contribution in [-0.2, 0) is 11.2 Å². The molecule has 2 heterocycles. The molecule has 55 heavy (non-hydrogen) atoms. The van der Waals surface area contributed by atoms with Crippen molar-refractivity contribution in [1.29, 1.82) is 5.41 Å². The predicted molar refractivity (Wildman–Crippen MR) is 227 cm³/mol. The smallest absolute Gasteiger partial charge is 0.318 e. The predicted octanol–water partition coefficient (Wildman–Crippen LogP) is 9.70. The van der Waals surface area contributed by atoms with Crippen LogP contribution in [0.1, 0.15) is 108 Å². The van der Waals surface area contributed by atoms with Gasteiger partial charge in [0.15, 0.2) is 0 Å². The second kappa shape index (κ2) is 18.4. The van der Waals surface area contributed by atoms with Crippen LogP contribution in [0.2, 0.25) is 5.02 Å². The van der Waals surface area contributed by atoms with Crippen molar-refractivity contribution >= 4 is 62.7 Å². The third kappa shape index (κ3) is 9.46. The molecular formula is C44H57ClFN7O2. The van der Waals surface area contributed by atoms with E-state index < -0.39 is 0 Å². The van der Waals surface area contributed by atoms with Crippen molar-refractivity contribution in [1.82, 2.24) is 14.9 Å². The zero-order chi connectivity index (χ0) is 39.9. The number of nitrogens with two attached hydrogens (primary N) is 1. The molecule has 2 aliphatic rings. The van der Waals surface area contributed by atoms with Gasteiger partial charge >= 0.3 is 6.01 Å². The number of unbranched alkanes of at least 4 members (excludes halogenated alkanes) is 3. The number of allylic oxidation sites excluding steroid dienone is 3. The molecule has 0 fully saturated rings. The van der Waals surface area contributed by atoms with Gasteiger partial charge in [-0.25, -0.2) is 4.39 Å². The number of aromatic nitrogens is 2. The molecule has 294 valence electrons. The molecule has 0 radical (unpaired) electrons. The summed E-state index contributed by atoms with van der Waals surface area (Å²) in [5.74, 6) is 0.0332. The lowest BCUT2D eigenvalue weighted by Gasteiger charge is -2.31. The van der Waals surface area contributed by atoms with Crippen molar-refractivity contribution < 1.29 is 13.9 Å². The van der Waals surface area contributed by atoms with Gasteiger partial charge in [0, 0.05) is 48.8 Å². The number of hydrogen-bond donors (Lipinski definition) is 2. The van der Waals surface area contributed by atoms with Crippen LogP contribution in [0.15, 0.2) is 47.1 Å². The van der Waals surface area contributed by atoms with Crippen molar-refractivity contribution in [2.45, 2.75) is 92.4 Å². The summed E-state index contributed by atoms with van der Waals surface area (Å²) in [6.45, 7) is 12.6. The van der Waals surface area contributed by atoms with Crippen molar-refractivity contribution in [2.75, 3.05) is 45.2 Å². The van der Waals surface area contributed by atoms with Gasteiger partial charge in [-0.1, -0.05) is 83.5 Å². The number of carbonyl (C=O) groups is 1. The highest BCUT2D eigenvalue weighted by Gasteiger charge is 2.32. The van der Waals surface area contributed by atoms with E-state index in [1.54, 1.807) is 26.2 Å². The Kier molecular flexibility index (Phi) is 13.9. The number of amides is 1. The minimum Gasteiger partial charge on any atom is -0.463 e. The molecule has 3 aromatic rings. The molecule has 1 unspecified atom stereocenters. The van der Waals surface area contributed by atoms with Crippen LogP contribution in [0.3, 0.4) is 0 Å². The number of fused-ring (bicyclic) bond motifs is 2. The Labute approximate surface area is 331 Å². The molecule has 0 spiro atoms. The molecule has 0 bridgehead atoms. The fourth-order valence-corrected chi connectivity index (χ4v) is 7.84. The third-order valence-corrected chi connectivity index (χ3v) is 10.9. The van der Waals surface area contributed by atoms with E-state index >= 15 is 4.39 Å². The van der Waals surface area contributed by atoms with Crippen molar-refractivity contribution in [2.24, 2.45) is 16.1 Å². The minimum atomic E-state index is -0.292. The molecular weight excluding hydrogens is 713 g/mol. The van der Waals surface area contributed by atoms with Gasteiger partial charge < -0.3 is 20.3 Å². The number of ether oxygens (including phenoxy) is 1. The van der Waals surface area contributed by atoms with Crippen LogP contribution in [0.5, 0.6) is 6.01 Å². The Balaban J connectivity index is 1.70. The molecule has 5 rings (SSSR count). The van der Waals surface area contributed by atoms with E-state index in [-0.39, 0.29) is 34.6 Å². The second-order valence-corrected chi connectivity index (χ2v) is 15.7. The number of nitrogens with zero attached hydrogens (tertiary/aromatic N) is 5. The SMILES string of the molecule is C/C=C1\C(=N)C(c2cc(Cl)cc3ccc(F)c(CC)c23)=Cc2nc(OCC(C)(CCCC)CCCCC)nc(N3CCCN=C(/C=C(\N)C(=O)N(C)C)C3)c21. The first-order chi connectivity index (χ1) is 26.3. The van der Waals surface area contributed by atoms with E-state index in [9.17, 15) is 10.2 Å². The van der Waals surface area contributed by atoms with Gasteiger partial charge in [0.25, 0.3) is 5.91 Å². The van der Waals surface area contributed by atoms with Crippen molar-refractivity contribution in [3.8, 4) is 6.01 Å². The van der Waals surface area contributed by atoms with Crippen molar-refractivity contribution in [3.05, 3.63) is 75.3 Å². The van der Waals surface area contributed by atoms with Gasteiger partial charge in [-0.2, -0.15) is 9.97 Å². The van der Waals surface area contributed by atoms with Crippen LogP contribution >= 0.6 is 11.6 Å². The minimum absolute atomic E-state index is 0.0493. The van der Waals surface area contributed by atoms with E-state index in [2.05, 4.69) is 25.7 Å². The number of aliphatic imine (C=N–C) groups is 1. The van der Waals surface area contributed by atoms with Crippen LogP contribution in [-0.4, -0.2) is 72.5 Å². The highest BCUT2D eigenvalue weighted by atomic mass is 35.5. The van der Waals surface area contributed by atoms with E-state index in [0.717, 1.165) is 55.7 Å². The molecule has 9 nitrogen and oxygen atoms in total. The summed E-state index contributed by atoms with van der Waals surface area (Å²) in [5.41, 5.74) is 11.0. The molecule has 1 aliphatic heterocycles. The maximum absolute atomic E-state index is 15.3. The lowest BCUT2D eigenvalue weighted by atomic mass is 9.81. The van der Waals surface area contributed by atoms with E-state index in [0.29, 0.717) is 82.7 Å². The second-order valence-electron chi connectivity index (χ2n) is 15.3. The maximum atomic E-state index is 15.3. The van der Waals surface area contributed by atoms with E-state index in [1.807, 2.05) is 38.1 Å². The summed E-state index contributed by atoms with van der Waals surface area (Å²) >= 11 is 6.71. The summed E-state index contributed by atoms with van der Waals surface area (Å²) in [6, 6.07) is 7.13. The average molecular weight is 770 g/mol. The fourth-order valence-electron chi connectivity index (χ4n) is 7.61. The molecule has 1 aliphatic carbocycles. The largest absolute Gasteiger partial charge is 0.463 e.